The summed E-state index contributed by atoms with van der Waals surface area (Å²) in [6, 6.07) is 0.404. The predicted molar refractivity (Wildman–Crippen MR) is 104 cm³/mol. The molecule has 2 aliphatic rings. The molecule has 2 rings (SSSR count). The molecule has 0 spiro atoms. The van der Waals surface area contributed by atoms with Crippen LogP contribution in [-0.2, 0) is 19.0 Å². The Kier molecular flexibility index (Phi) is 7.98. The summed E-state index contributed by atoms with van der Waals surface area (Å²) >= 11 is 0. The van der Waals surface area contributed by atoms with Gasteiger partial charge in [0.05, 0.1) is 18.9 Å². The van der Waals surface area contributed by atoms with Gasteiger partial charge in [0.1, 0.15) is 5.76 Å². The SMILES string of the molecule is CCC1=C(COCC2CCCC(COC(C)(C)C(=O)O)C2)N(C(C)C)CO1. The van der Waals surface area contributed by atoms with E-state index < -0.39 is 11.6 Å². The zero-order valence-corrected chi connectivity index (χ0v) is 17.6. The average Bonchev–Trinajstić information content (AvgIpc) is 3.03. The lowest BCUT2D eigenvalue weighted by Gasteiger charge is -2.31. The quantitative estimate of drug-likeness (QED) is 0.615. The highest BCUT2D eigenvalue weighted by molar-refractivity contribution is 5.76. The standard InChI is InChI=1S/C21H37NO5/c1-6-19-18(22(14-26-19)15(2)3)13-25-11-16-8-7-9-17(10-16)12-27-21(4,5)20(23)24/h15-17H,6-14H2,1-5H3,(H,23,24). The van der Waals surface area contributed by atoms with Crippen LogP contribution in [0.4, 0.5) is 0 Å². The van der Waals surface area contributed by atoms with Gasteiger partial charge in [0.15, 0.2) is 12.3 Å². The second-order valence-electron chi connectivity index (χ2n) is 8.60. The van der Waals surface area contributed by atoms with Gasteiger partial charge >= 0.3 is 5.97 Å². The zero-order valence-electron chi connectivity index (χ0n) is 17.6. The Morgan fingerprint density at radius 2 is 1.96 bits per heavy atom. The van der Waals surface area contributed by atoms with E-state index in [1.165, 1.54) is 12.1 Å². The van der Waals surface area contributed by atoms with Gasteiger partial charge < -0.3 is 24.2 Å². The first-order valence-electron chi connectivity index (χ1n) is 10.3. The first kappa shape index (κ1) is 22.0. The van der Waals surface area contributed by atoms with Crippen LogP contribution in [0.15, 0.2) is 11.5 Å². The molecule has 27 heavy (non-hydrogen) atoms. The second kappa shape index (κ2) is 9.78. The fourth-order valence-electron chi connectivity index (χ4n) is 3.81. The van der Waals surface area contributed by atoms with Gasteiger partial charge in [-0.1, -0.05) is 13.3 Å². The number of ether oxygens (including phenoxy) is 3. The van der Waals surface area contributed by atoms with E-state index in [1.54, 1.807) is 13.8 Å². The Bertz CT molecular complexity index is 529. The average molecular weight is 384 g/mol. The maximum atomic E-state index is 11.2. The summed E-state index contributed by atoms with van der Waals surface area (Å²) in [7, 11) is 0. The molecule has 1 fully saturated rings. The highest BCUT2D eigenvalue weighted by Crippen LogP contribution is 2.31. The van der Waals surface area contributed by atoms with Crippen LogP contribution in [-0.4, -0.2) is 54.2 Å². The van der Waals surface area contributed by atoms with Crippen LogP contribution >= 0.6 is 0 Å². The van der Waals surface area contributed by atoms with Crippen LogP contribution < -0.4 is 0 Å². The van der Waals surface area contributed by atoms with Crippen molar-refractivity contribution in [3.05, 3.63) is 11.5 Å². The van der Waals surface area contributed by atoms with Crippen molar-refractivity contribution >= 4 is 5.97 Å². The molecule has 1 heterocycles. The summed E-state index contributed by atoms with van der Waals surface area (Å²) in [6.45, 7) is 12.2. The Labute approximate surface area is 163 Å². The number of aliphatic carboxylic acids is 1. The van der Waals surface area contributed by atoms with Gasteiger partial charge in [0, 0.05) is 19.1 Å². The van der Waals surface area contributed by atoms with Crippen molar-refractivity contribution in [1.82, 2.24) is 4.90 Å². The van der Waals surface area contributed by atoms with Gasteiger partial charge in [-0.15, -0.1) is 0 Å². The highest BCUT2D eigenvalue weighted by atomic mass is 16.5. The fraction of sp³-hybridized carbons (Fsp3) is 0.857. The van der Waals surface area contributed by atoms with Crippen molar-refractivity contribution in [3.8, 4) is 0 Å². The molecular formula is C21H37NO5. The maximum Gasteiger partial charge on any atom is 0.335 e. The second-order valence-corrected chi connectivity index (χ2v) is 8.60. The van der Waals surface area contributed by atoms with Crippen LogP contribution in [0.2, 0.25) is 0 Å². The van der Waals surface area contributed by atoms with Crippen molar-refractivity contribution in [2.75, 3.05) is 26.6 Å². The lowest BCUT2D eigenvalue weighted by atomic mass is 9.82. The minimum Gasteiger partial charge on any atom is -0.479 e. The lowest BCUT2D eigenvalue weighted by Crippen LogP contribution is -2.37. The van der Waals surface area contributed by atoms with Gasteiger partial charge in [-0.3, -0.25) is 0 Å². The zero-order chi connectivity index (χ0) is 20.0. The van der Waals surface area contributed by atoms with E-state index in [1.807, 2.05) is 0 Å². The van der Waals surface area contributed by atoms with Crippen molar-refractivity contribution in [1.29, 1.82) is 0 Å². The van der Waals surface area contributed by atoms with E-state index in [-0.39, 0.29) is 0 Å². The number of rotatable bonds is 10. The molecule has 0 bridgehead atoms. The summed E-state index contributed by atoms with van der Waals surface area (Å²) in [4.78, 5) is 13.5. The molecule has 0 amide bonds. The van der Waals surface area contributed by atoms with Crippen LogP contribution in [0.3, 0.4) is 0 Å². The molecule has 2 atom stereocenters. The molecule has 2 unspecified atom stereocenters. The Hall–Kier alpha value is -1.27. The molecule has 1 aliphatic heterocycles. The predicted octanol–water partition coefficient (Wildman–Crippen LogP) is 4.01. The van der Waals surface area contributed by atoms with Crippen LogP contribution in [0.1, 0.15) is 66.7 Å². The maximum absolute atomic E-state index is 11.2. The normalized spacial score (nSPS) is 23.9. The first-order chi connectivity index (χ1) is 12.7. The third kappa shape index (κ3) is 6.11. The topological polar surface area (TPSA) is 68.2 Å². The molecule has 0 radical (unpaired) electrons. The number of allylic oxidation sites excluding steroid dienone is 1. The lowest BCUT2D eigenvalue weighted by molar-refractivity contribution is -0.163. The summed E-state index contributed by atoms with van der Waals surface area (Å²) in [6.07, 6.45) is 5.36. The molecule has 1 N–H and O–H groups in total. The van der Waals surface area contributed by atoms with Crippen molar-refractivity contribution < 1.29 is 24.1 Å². The Morgan fingerprint density at radius 1 is 1.30 bits per heavy atom. The van der Waals surface area contributed by atoms with E-state index in [2.05, 4.69) is 25.7 Å². The molecule has 156 valence electrons. The summed E-state index contributed by atoms with van der Waals surface area (Å²) in [5.41, 5.74) is 0.0707. The van der Waals surface area contributed by atoms with Crippen LogP contribution in [0, 0.1) is 11.8 Å². The summed E-state index contributed by atoms with van der Waals surface area (Å²) in [5, 5.41) is 9.18. The number of carbonyl (C=O) groups is 1. The van der Waals surface area contributed by atoms with Gasteiger partial charge in [-0.05, 0) is 58.8 Å². The molecule has 0 aromatic carbocycles. The van der Waals surface area contributed by atoms with Crippen molar-refractivity contribution in [2.45, 2.75) is 78.4 Å². The van der Waals surface area contributed by atoms with Gasteiger partial charge in [0.25, 0.3) is 0 Å². The Morgan fingerprint density at radius 3 is 2.56 bits per heavy atom. The van der Waals surface area contributed by atoms with E-state index in [9.17, 15) is 9.90 Å². The van der Waals surface area contributed by atoms with Gasteiger partial charge in [-0.2, -0.15) is 0 Å². The molecule has 1 aliphatic carbocycles. The van der Waals surface area contributed by atoms with Crippen LogP contribution in [0.5, 0.6) is 0 Å². The van der Waals surface area contributed by atoms with E-state index in [4.69, 9.17) is 14.2 Å². The van der Waals surface area contributed by atoms with Crippen LogP contribution in [0.25, 0.3) is 0 Å². The minimum atomic E-state index is -1.12. The molecule has 0 saturated heterocycles. The summed E-state index contributed by atoms with van der Waals surface area (Å²) < 4.78 is 17.5. The third-order valence-corrected chi connectivity index (χ3v) is 5.67. The van der Waals surface area contributed by atoms with Crippen molar-refractivity contribution in [3.63, 3.8) is 0 Å². The van der Waals surface area contributed by atoms with E-state index in [0.29, 0.717) is 37.8 Å². The summed E-state index contributed by atoms with van der Waals surface area (Å²) in [5.74, 6) is 1.07. The minimum absolute atomic E-state index is 0.404. The first-order valence-corrected chi connectivity index (χ1v) is 10.3. The largest absolute Gasteiger partial charge is 0.479 e. The monoisotopic (exact) mass is 383 g/mol. The molecule has 1 saturated carbocycles. The van der Waals surface area contributed by atoms with Crippen molar-refractivity contribution in [2.24, 2.45) is 11.8 Å². The molecule has 6 heteroatoms. The molecule has 0 aromatic heterocycles. The highest BCUT2D eigenvalue weighted by Gasteiger charge is 2.31. The van der Waals surface area contributed by atoms with E-state index >= 15 is 0 Å². The van der Waals surface area contributed by atoms with E-state index in [0.717, 1.165) is 38.0 Å². The van der Waals surface area contributed by atoms with Gasteiger partial charge in [-0.25, -0.2) is 4.79 Å². The number of hydrogen-bond acceptors (Lipinski definition) is 5. The number of carboxylic acids is 1. The third-order valence-electron chi connectivity index (χ3n) is 5.67. The Balaban J connectivity index is 1.78. The number of hydrogen-bond donors (Lipinski definition) is 1. The smallest absolute Gasteiger partial charge is 0.335 e. The number of carboxylic acid groups (broad SMARTS) is 1. The molecular weight excluding hydrogens is 346 g/mol. The molecule has 0 aromatic rings. The fourth-order valence-corrected chi connectivity index (χ4v) is 3.81. The van der Waals surface area contributed by atoms with Gasteiger partial charge in [0.2, 0.25) is 0 Å². The number of nitrogens with zero attached hydrogens (tertiary/aromatic N) is 1. The molecule has 6 nitrogen and oxygen atoms in total.